The zero-order valence-corrected chi connectivity index (χ0v) is 11.8. The summed E-state index contributed by atoms with van der Waals surface area (Å²) in [6.45, 7) is 3.53. The molecule has 1 aromatic rings. The molecule has 1 aliphatic heterocycles. The van der Waals surface area contributed by atoms with Gasteiger partial charge in [0.05, 0.1) is 13.0 Å². The first-order valence-electron chi connectivity index (χ1n) is 7.36. The average molecular weight is 275 g/mol. The quantitative estimate of drug-likeness (QED) is 0.897. The number of para-hydroxylation sites is 1. The monoisotopic (exact) mass is 275 g/mol. The maximum absolute atomic E-state index is 10.9. The van der Waals surface area contributed by atoms with E-state index in [1.165, 1.54) is 18.4 Å². The highest BCUT2D eigenvalue weighted by atomic mass is 16.5. The van der Waals surface area contributed by atoms with Gasteiger partial charge in [0.2, 0.25) is 0 Å². The van der Waals surface area contributed by atoms with Crippen molar-refractivity contribution in [3.63, 3.8) is 0 Å². The van der Waals surface area contributed by atoms with Gasteiger partial charge in [0.1, 0.15) is 5.75 Å². The Morgan fingerprint density at radius 3 is 2.85 bits per heavy atom. The van der Waals surface area contributed by atoms with Crippen LogP contribution in [0.15, 0.2) is 24.3 Å². The molecule has 0 aromatic heterocycles. The molecule has 2 atom stereocenters. The van der Waals surface area contributed by atoms with Crippen molar-refractivity contribution in [2.45, 2.75) is 38.3 Å². The number of benzene rings is 1. The number of nitrogens with zero attached hydrogens (tertiary/aromatic N) is 1. The fourth-order valence-corrected chi connectivity index (χ4v) is 3.16. The van der Waals surface area contributed by atoms with Crippen LogP contribution in [0, 0.1) is 5.92 Å². The Morgan fingerprint density at radius 1 is 1.40 bits per heavy atom. The minimum atomic E-state index is -0.719. The molecule has 1 saturated carbocycles. The van der Waals surface area contributed by atoms with E-state index in [9.17, 15) is 4.79 Å². The third-order valence-electron chi connectivity index (χ3n) is 4.24. The standard InChI is InChI=1S/C16H21NO3/c1-11-10-20-14-5-3-2-4-13(14)16(11)17(12-6-7-12)9-8-15(18)19/h2-5,11-12,16H,6-10H2,1H3,(H,18,19). The van der Waals surface area contributed by atoms with Gasteiger partial charge in [-0.3, -0.25) is 9.69 Å². The third-order valence-corrected chi connectivity index (χ3v) is 4.24. The molecule has 1 aromatic carbocycles. The van der Waals surface area contributed by atoms with Gasteiger partial charge in [-0.05, 0) is 18.9 Å². The van der Waals surface area contributed by atoms with Crippen molar-refractivity contribution in [3.05, 3.63) is 29.8 Å². The molecule has 2 aliphatic rings. The van der Waals surface area contributed by atoms with Crippen LogP contribution in [0.4, 0.5) is 0 Å². The van der Waals surface area contributed by atoms with Crippen LogP contribution in [-0.4, -0.2) is 35.2 Å². The molecule has 1 N–H and O–H groups in total. The van der Waals surface area contributed by atoms with E-state index in [2.05, 4.69) is 17.9 Å². The van der Waals surface area contributed by atoms with Crippen LogP contribution in [0.25, 0.3) is 0 Å². The second-order valence-electron chi connectivity index (χ2n) is 5.88. The third kappa shape index (κ3) is 2.66. The van der Waals surface area contributed by atoms with E-state index in [4.69, 9.17) is 9.84 Å². The fraction of sp³-hybridized carbons (Fsp3) is 0.562. The first-order valence-corrected chi connectivity index (χ1v) is 7.36. The number of aliphatic carboxylic acids is 1. The van der Waals surface area contributed by atoms with Gasteiger partial charge < -0.3 is 9.84 Å². The molecule has 0 saturated heterocycles. The number of carboxylic acids is 1. The number of carboxylic acid groups (broad SMARTS) is 1. The van der Waals surface area contributed by atoms with E-state index in [1.807, 2.05) is 18.2 Å². The summed E-state index contributed by atoms with van der Waals surface area (Å²) in [5.41, 5.74) is 1.21. The molecule has 0 spiro atoms. The highest BCUT2D eigenvalue weighted by molar-refractivity contribution is 5.66. The second kappa shape index (κ2) is 5.44. The Labute approximate surface area is 119 Å². The molecule has 108 valence electrons. The summed E-state index contributed by atoms with van der Waals surface area (Å²) in [5.74, 6) is 0.625. The number of rotatable bonds is 5. The van der Waals surface area contributed by atoms with Gasteiger partial charge in [-0.15, -0.1) is 0 Å². The van der Waals surface area contributed by atoms with Gasteiger partial charge in [0, 0.05) is 30.1 Å². The van der Waals surface area contributed by atoms with E-state index in [0.29, 0.717) is 25.1 Å². The maximum atomic E-state index is 10.9. The molecule has 0 bridgehead atoms. The van der Waals surface area contributed by atoms with Gasteiger partial charge in [0.25, 0.3) is 0 Å². The van der Waals surface area contributed by atoms with Gasteiger partial charge in [0.15, 0.2) is 0 Å². The van der Waals surface area contributed by atoms with Gasteiger partial charge in [-0.2, -0.15) is 0 Å². The largest absolute Gasteiger partial charge is 0.493 e. The minimum absolute atomic E-state index is 0.211. The van der Waals surface area contributed by atoms with E-state index in [-0.39, 0.29) is 12.5 Å². The van der Waals surface area contributed by atoms with E-state index in [1.54, 1.807) is 0 Å². The Bertz CT molecular complexity index is 498. The maximum Gasteiger partial charge on any atom is 0.304 e. The predicted molar refractivity (Wildman–Crippen MR) is 75.8 cm³/mol. The van der Waals surface area contributed by atoms with Crippen LogP contribution in [0.5, 0.6) is 5.75 Å². The van der Waals surface area contributed by atoms with Crippen molar-refractivity contribution < 1.29 is 14.6 Å². The summed E-state index contributed by atoms with van der Waals surface area (Å²) >= 11 is 0. The Morgan fingerprint density at radius 2 is 2.15 bits per heavy atom. The Hall–Kier alpha value is -1.55. The van der Waals surface area contributed by atoms with Crippen molar-refractivity contribution in [2.75, 3.05) is 13.2 Å². The normalized spacial score (nSPS) is 25.1. The molecule has 20 heavy (non-hydrogen) atoms. The number of hydrogen-bond acceptors (Lipinski definition) is 3. The lowest BCUT2D eigenvalue weighted by atomic mass is 9.90. The molecule has 4 nitrogen and oxygen atoms in total. The van der Waals surface area contributed by atoms with Crippen molar-refractivity contribution in [2.24, 2.45) is 5.92 Å². The molecule has 0 radical (unpaired) electrons. The summed E-state index contributed by atoms with van der Waals surface area (Å²) in [6.07, 6.45) is 2.58. The van der Waals surface area contributed by atoms with E-state index in [0.717, 1.165) is 5.75 Å². The highest BCUT2D eigenvalue weighted by Crippen LogP contribution is 2.43. The van der Waals surface area contributed by atoms with Crippen LogP contribution < -0.4 is 4.74 Å². The lowest BCUT2D eigenvalue weighted by Crippen LogP contribution is -2.40. The lowest BCUT2D eigenvalue weighted by Gasteiger charge is -2.39. The van der Waals surface area contributed by atoms with E-state index < -0.39 is 5.97 Å². The molecule has 0 amide bonds. The van der Waals surface area contributed by atoms with Crippen LogP contribution >= 0.6 is 0 Å². The highest BCUT2D eigenvalue weighted by Gasteiger charge is 2.39. The van der Waals surface area contributed by atoms with Crippen molar-refractivity contribution >= 4 is 5.97 Å². The van der Waals surface area contributed by atoms with Crippen LogP contribution in [0.3, 0.4) is 0 Å². The molecule has 4 heteroatoms. The molecule has 1 fully saturated rings. The number of hydrogen-bond donors (Lipinski definition) is 1. The van der Waals surface area contributed by atoms with Crippen LogP contribution in [0.1, 0.15) is 37.8 Å². The molecular weight excluding hydrogens is 254 g/mol. The SMILES string of the molecule is CC1COc2ccccc2C1N(CCC(=O)O)C1CC1. The fourth-order valence-electron chi connectivity index (χ4n) is 3.16. The summed E-state index contributed by atoms with van der Waals surface area (Å²) in [6, 6.07) is 8.99. The van der Waals surface area contributed by atoms with Gasteiger partial charge in [-0.25, -0.2) is 0 Å². The zero-order valence-electron chi connectivity index (χ0n) is 11.8. The second-order valence-corrected chi connectivity index (χ2v) is 5.88. The Kier molecular flexibility index (Phi) is 3.66. The van der Waals surface area contributed by atoms with Crippen molar-refractivity contribution in [1.29, 1.82) is 0 Å². The van der Waals surface area contributed by atoms with Crippen molar-refractivity contribution in [3.8, 4) is 5.75 Å². The first-order chi connectivity index (χ1) is 9.66. The Balaban J connectivity index is 1.87. The summed E-state index contributed by atoms with van der Waals surface area (Å²) in [5, 5.41) is 8.97. The topological polar surface area (TPSA) is 49.8 Å². The predicted octanol–water partition coefficient (Wildman–Crippen LogP) is 2.70. The van der Waals surface area contributed by atoms with Gasteiger partial charge in [-0.1, -0.05) is 25.1 Å². The summed E-state index contributed by atoms with van der Waals surface area (Å²) in [7, 11) is 0. The number of ether oxygens (including phenoxy) is 1. The van der Waals surface area contributed by atoms with E-state index >= 15 is 0 Å². The van der Waals surface area contributed by atoms with Crippen LogP contribution in [-0.2, 0) is 4.79 Å². The molecule has 1 aliphatic carbocycles. The summed E-state index contributed by atoms with van der Waals surface area (Å²) in [4.78, 5) is 13.3. The number of carbonyl (C=O) groups is 1. The van der Waals surface area contributed by atoms with Crippen LogP contribution in [0.2, 0.25) is 0 Å². The first kappa shape index (κ1) is 13.4. The molecule has 3 rings (SSSR count). The minimum Gasteiger partial charge on any atom is -0.493 e. The smallest absolute Gasteiger partial charge is 0.304 e. The lowest BCUT2D eigenvalue weighted by molar-refractivity contribution is -0.137. The molecular formula is C16H21NO3. The molecule has 1 heterocycles. The summed E-state index contributed by atoms with van der Waals surface area (Å²) < 4.78 is 5.80. The number of fused-ring (bicyclic) bond motifs is 1. The average Bonchev–Trinajstić information content (AvgIpc) is 3.25. The van der Waals surface area contributed by atoms with Crippen molar-refractivity contribution in [1.82, 2.24) is 4.90 Å². The van der Waals surface area contributed by atoms with Gasteiger partial charge >= 0.3 is 5.97 Å². The zero-order chi connectivity index (χ0) is 14.1. The molecule has 2 unspecified atom stereocenters.